The predicted octanol–water partition coefficient (Wildman–Crippen LogP) is 2.68. The first-order valence-electron chi connectivity index (χ1n) is 6.75. The minimum atomic E-state index is -0.0368. The Bertz CT molecular complexity index is 369. The summed E-state index contributed by atoms with van der Waals surface area (Å²) in [7, 11) is 2.12. The second-order valence-corrected chi connectivity index (χ2v) is 6.04. The van der Waals surface area contributed by atoms with Crippen molar-refractivity contribution in [1.29, 1.82) is 0 Å². The normalized spacial score (nSPS) is 14.6. The van der Waals surface area contributed by atoms with Gasteiger partial charge in [0.2, 0.25) is 0 Å². The molecule has 0 spiro atoms. The van der Waals surface area contributed by atoms with E-state index in [1.54, 1.807) is 0 Å². The third-order valence-electron chi connectivity index (χ3n) is 3.63. The van der Waals surface area contributed by atoms with Crippen LogP contribution in [0, 0.1) is 0 Å². The molecule has 0 aromatic heterocycles. The molecule has 0 heterocycles. The molecule has 2 N–H and O–H groups in total. The van der Waals surface area contributed by atoms with Crippen LogP contribution in [0.2, 0.25) is 0 Å². The summed E-state index contributed by atoms with van der Waals surface area (Å²) in [4.78, 5) is 2.30. The largest absolute Gasteiger partial charge is 0.380 e. The van der Waals surface area contributed by atoms with Crippen molar-refractivity contribution in [3.63, 3.8) is 0 Å². The molecule has 0 fully saturated rings. The number of ether oxygens (including phenoxy) is 1. The Morgan fingerprint density at radius 3 is 2.47 bits per heavy atom. The van der Waals surface area contributed by atoms with E-state index >= 15 is 0 Å². The van der Waals surface area contributed by atoms with Crippen LogP contribution in [0.25, 0.3) is 0 Å². The van der Waals surface area contributed by atoms with Crippen LogP contribution >= 0.6 is 15.9 Å². The quantitative estimate of drug-likeness (QED) is 0.745. The van der Waals surface area contributed by atoms with Gasteiger partial charge < -0.3 is 10.5 Å². The third kappa shape index (κ3) is 5.22. The Balaban J connectivity index is 2.65. The van der Waals surface area contributed by atoms with Gasteiger partial charge in [0.1, 0.15) is 0 Å². The lowest BCUT2D eigenvalue weighted by atomic mass is 9.91. The van der Waals surface area contributed by atoms with Crippen LogP contribution in [0.15, 0.2) is 28.7 Å². The Morgan fingerprint density at radius 1 is 1.32 bits per heavy atom. The molecule has 0 bridgehead atoms. The van der Waals surface area contributed by atoms with Gasteiger partial charge in [-0.05, 0) is 45.0 Å². The molecule has 108 valence electrons. The monoisotopic (exact) mass is 328 g/mol. The zero-order valence-electron chi connectivity index (χ0n) is 12.2. The second-order valence-electron chi connectivity index (χ2n) is 5.12. The van der Waals surface area contributed by atoms with Gasteiger partial charge in [0.15, 0.2) is 0 Å². The minimum absolute atomic E-state index is 0.0368. The van der Waals surface area contributed by atoms with Gasteiger partial charge in [-0.1, -0.05) is 28.1 Å². The highest BCUT2D eigenvalue weighted by atomic mass is 79.9. The first kappa shape index (κ1) is 16.6. The van der Waals surface area contributed by atoms with Crippen molar-refractivity contribution in [2.75, 3.05) is 33.4 Å². The molecular formula is C15H25BrN2O. The first-order chi connectivity index (χ1) is 9.01. The van der Waals surface area contributed by atoms with Crippen molar-refractivity contribution >= 4 is 15.9 Å². The number of nitrogens with zero attached hydrogens (tertiary/aromatic N) is 1. The van der Waals surface area contributed by atoms with Gasteiger partial charge in [-0.25, -0.2) is 0 Å². The fourth-order valence-corrected chi connectivity index (χ4v) is 2.29. The van der Waals surface area contributed by atoms with E-state index in [9.17, 15) is 0 Å². The summed E-state index contributed by atoms with van der Waals surface area (Å²) in [6, 6.07) is 8.45. The van der Waals surface area contributed by atoms with E-state index in [1.165, 1.54) is 5.56 Å². The lowest BCUT2D eigenvalue weighted by Gasteiger charge is -2.38. The van der Waals surface area contributed by atoms with E-state index in [0.29, 0.717) is 6.54 Å². The lowest BCUT2D eigenvalue weighted by Crippen LogP contribution is -2.52. The minimum Gasteiger partial charge on any atom is -0.380 e. The lowest BCUT2D eigenvalue weighted by molar-refractivity contribution is 0.0760. The van der Waals surface area contributed by atoms with Crippen LogP contribution in [0.3, 0.4) is 0 Å². The zero-order chi connectivity index (χ0) is 14.3. The van der Waals surface area contributed by atoms with Crippen molar-refractivity contribution in [3.8, 4) is 0 Å². The molecule has 0 aliphatic carbocycles. The van der Waals surface area contributed by atoms with Gasteiger partial charge in [0.05, 0.1) is 6.61 Å². The second kappa shape index (κ2) is 8.00. The van der Waals surface area contributed by atoms with Gasteiger partial charge in [-0.3, -0.25) is 4.90 Å². The van der Waals surface area contributed by atoms with Crippen molar-refractivity contribution in [2.45, 2.75) is 25.8 Å². The Kier molecular flexibility index (Phi) is 7.00. The molecule has 1 rings (SSSR count). The highest BCUT2D eigenvalue weighted by molar-refractivity contribution is 9.10. The van der Waals surface area contributed by atoms with Gasteiger partial charge in [-0.15, -0.1) is 0 Å². The molecule has 1 unspecified atom stereocenters. The van der Waals surface area contributed by atoms with Gasteiger partial charge >= 0.3 is 0 Å². The molecule has 0 amide bonds. The summed E-state index contributed by atoms with van der Waals surface area (Å²) in [5, 5.41) is 0. The van der Waals surface area contributed by atoms with E-state index < -0.39 is 0 Å². The van der Waals surface area contributed by atoms with Crippen molar-refractivity contribution in [3.05, 3.63) is 34.3 Å². The van der Waals surface area contributed by atoms with E-state index in [-0.39, 0.29) is 5.54 Å². The number of nitrogens with two attached hydrogens (primary N) is 1. The topological polar surface area (TPSA) is 38.5 Å². The van der Waals surface area contributed by atoms with Crippen LogP contribution in [0.4, 0.5) is 0 Å². The van der Waals surface area contributed by atoms with E-state index in [2.05, 4.69) is 59.1 Å². The average molecular weight is 329 g/mol. The summed E-state index contributed by atoms with van der Waals surface area (Å²) in [5.74, 6) is 0. The third-order valence-corrected chi connectivity index (χ3v) is 4.16. The standard InChI is InChI=1S/C15H25BrN2O/c1-4-19-10-9-18(3)15(2,12-17)11-13-5-7-14(16)8-6-13/h5-8H,4,9-12,17H2,1-3H3. The molecule has 3 nitrogen and oxygen atoms in total. The molecule has 1 atom stereocenters. The highest BCUT2D eigenvalue weighted by Gasteiger charge is 2.27. The van der Waals surface area contributed by atoms with Gasteiger partial charge in [-0.2, -0.15) is 0 Å². The molecule has 0 aliphatic rings. The van der Waals surface area contributed by atoms with Crippen molar-refractivity contribution < 1.29 is 4.74 Å². The van der Waals surface area contributed by atoms with Crippen LogP contribution in [-0.2, 0) is 11.2 Å². The molecule has 19 heavy (non-hydrogen) atoms. The van der Waals surface area contributed by atoms with Crippen molar-refractivity contribution in [2.24, 2.45) is 5.73 Å². The van der Waals surface area contributed by atoms with Gasteiger partial charge in [0, 0.05) is 29.7 Å². The van der Waals surface area contributed by atoms with Crippen LogP contribution < -0.4 is 5.73 Å². The van der Waals surface area contributed by atoms with Gasteiger partial charge in [0.25, 0.3) is 0 Å². The Hall–Kier alpha value is -0.420. The number of likely N-dealkylation sites (N-methyl/N-ethyl adjacent to an activating group) is 1. The molecule has 4 heteroatoms. The van der Waals surface area contributed by atoms with E-state index in [1.807, 2.05) is 6.92 Å². The molecule has 1 aromatic carbocycles. The van der Waals surface area contributed by atoms with Crippen LogP contribution in [0.5, 0.6) is 0 Å². The molecule has 0 saturated heterocycles. The number of hydrogen-bond acceptors (Lipinski definition) is 3. The SMILES string of the molecule is CCOCCN(C)C(C)(CN)Cc1ccc(Br)cc1. The maximum atomic E-state index is 6.00. The molecule has 0 saturated carbocycles. The van der Waals surface area contributed by atoms with Crippen LogP contribution in [0.1, 0.15) is 19.4 Å². The number of benzene rings is 1. The highest BCUT2D eigenvalue weighted by Crippen LogP contribution is 2.20. The van der Waals surface area contributed by atoms with Crippen LogP contribution in [-0.4, -0.2) is 43.8 Å². The summed E-state index contributed by atoms with van der Waals surface area (Å²) < 4.78 is 6.53. The zero-order valence-corrected chi connectivity index (χ0v) is 13.7. The Morgan fingerprint density at radius 2 is 1.95 bits per heavy atom. The summed E-state index contributed by atoms with van der Waals surface area (Å²) in [5.41, 5.74) is 7.27. The smallest absolute Gasteiger partial charge is 0.0593 e. The number of rotatable bonds is 8. The van der Waals surface area contributed by atoms with E-state index in [4.69, 9.17) is 10.5 Å². The number of hydrogen-bond donors (Lipinski definition) is 1. The first-order valence-corrected chi connectivity index (χ1v) is 7.54. The average Bonchev–Trinajstić information content (AvgIpc) is 2.41. The Labute approximate surface area is 125 Å². The molecule has 0 aliphatic heterocycles. The number of halogens is 1. The molecule has 0 radical (unpaired) electrons. The summed E-state index contributed by atoms with van der Waals surface area (Å²) in [6.45, 7) is 7.28. The maximum absolute atomic E-state index is 6.00. The van der Waals surface area contributed by atoms with Crippen molar-refractivity contribution in [1.82, 2.24) is 4.90 Å². The molecular weight excluding hydrogens is 304 g/mol. The summed E-state index contributed by atoms with van der Waals surface area (Å²) >= 11 is 3.46. The fourth-order valence-electron chi connectivity index (χ4n) is 2.02. The van der Waals surface area contributed by atoms with E-state index in [0.717, 1.165) is 30.7 Å². The molecule has 1 aromatic rings. The summed E-state index contributed by atoms with van der Waals surface area (Å²) in [6.07, 6.45) is 0.944. The fraction of sp³-hybridized carbons (Fsp3) is 0.600. The predicted molar refractivity (Wildman–Crippen MR) is 84.4 cm³/mol. The maximum Gasteiger partial charge on any atom is 0.0593 e.